The summed E-state index contributed by atoms with van der Waals surface area (Å²) >= 11 is 1.95. The minimum absolute atomic E-state index is 0.0249. The van der Waals surface area contributed by atoms with E-state index in [1.807, 2.05) is 22.6 Å². The smallest absolute Gasteiger partial charge is 0.325 e. The summed E-state index contributed by atoms with van der Waals surface area (Å²) in [6, 6.07) is 8.07. The molecular formula is C22H23FIN3O5. The summed E-state index contributed by atoms with van der Waals surface area (Å²) in [5.74, 6) is -1.74. The quantitative estimate of drug-likeness (QED) is 0.343. The van der Waals surface area contributed by atoms with Gasteiger partial charge >= 0.3 is 6.03 Å². The van der Waals surface area contributed by atoms with E-state index < -0.39 is 41.7 Å². The Labute approximate surface area is 198 Å². The van der Waals surface area contributed by atoms with E-state index in [0.717, 1.165) is 4.90 Å². The van der Waals surface area contributed by atoms with Crippen LogP contribution in [0.5, 0.6) is 5.75 Å². The number of nitrogens with one attached hydrogen (secondary N) is 2. The molecule has 32 heavy (non-hydrogen) atoms. The van der Waals surface area contributed by atoms with Gasteiger partial charge in [-0.25, -0.2) is 14.1 Å². The molecule has 0 aliphatic carbocycles. The fourth-order valence-electron chi connectivity index (χ4n) is 3.42. The van der Waals surface area contributed by atoms with Crippen molar-refractivity contribution < 1.29 is 28.6 Å². The molecule has 1 aliphatic heterocycles. The van der Waals surface area contributed by atoms with E-state index in [9.17, 15) is 18.8 Å². The van der Waals surface area contributed by atoms with Crippen LogP contribution in [0.25, 0.3) is 0 Å². The lowest BCUT2D eigenvalue weighted by Crippen LogP contribution is -2.50. The maximum absolute atomic E-state index is 14.2. The van der Waals surface area contributed by atoms with Crippen LogP contribution in [-0.2, 0) is 9.59 Å². The largest absolute Gasteiger partial charge is 0.491 e. The SMILES string of the molecule is CC(C)C(C(=O)Nc1ccc(I)cc1F)N1C(=O)N[C@H](c2ccc(OCCO)cc2)C1=O. The highest BCUT2D eigenvalue weighted by atomic mass is 127. The molecule has 1 fully saturated rings. The van der Waals surface area contributed by atoms with Gasteiger partial charge in [-0.2, -0.15) is 0 Å². The van der Waals surface area contributed by atoms with Crippen LogP contribution in [0, 0.1) is 15.3 Å². The molecule has 0 aromatic heterocycles. The van der Waals surface area contributed by atoms with E-state index in [0.29, 0.717) is 14.9 Å². The lowest BCUT2D eigenvalue weighted by molar-refractivity contribution is -0.135. The van der Waals surface area contributed by atoms with Gasteiger partial charge in [-0.3, -0.25) is 9.59 Å². The molecule has 2 atom stereocenters. The topological polar surface area (TPSA) is 108 Å². The predicted molar refractivity (Wildman–Crippen MR) is 124 cm³/mol. The summed E-state index contributed by atoms with van der Waals surface area (Å²) in [5, 5.41) is 13.9. The number of carbonyl (C=O) groups is 3. The van der Waals surface area contributed by atoms with E-state index >= 15 is 0 Å². The molecule has 4 amide bonds. The van der Waals surface area contributed by atoms with Gasteiger partial charge in [-0.15, -0.1) is 0 Å². The third-order valence-electron chi connectivity index (χ3n) is 4.91. The van der Waals surface area contributed by atoms with Crippen molar-refractivity contribution in [3.63, 3.8) is 0 Å². The molecule has 2 aromatic rings. The van der Waals surface area contributed by atoms with Gasteiger partial charge in [0.15, 0.2) is 0 Å². The van der Waals surface area contributed by atoms with Crippen LogP contribution in [-0.4, -0.2) is 47.1 Å². The molecule has 3 rings (SSSR count). The van der Waals surface area contributed by atoms with E-state index in [2.05, 4.69) is 10.6 Å². The normalized spacial score (nSPS) is 16.8. The molecule has 1 unspecified atom stereocenters. The van der Waals surface area contributed by atoms with Crippen LogP contribution in [0.3, 0.4) is 0 Å². The first-order valence-corrected chi connectivity index (χ1v) is 11.0. The highest BCUT2D eigenvalue weighted by Gasteiger charge is 2.46. The summed E-state index contributed by atoms with van der Waals surface area (Å²) in [5.41, 5.74) is 0.497. The standard InChI is InChI=1S/C22H23FIN3O5/c1-12(2)19(20(29)25-17-8-5-14(24)11-16(17)23)27-21(30)18(26-22(27)31)13-3-6-15(7-4-13)32-10-9-28/h3-8,11-12,18-19,28H,9-10H2,1-2H3,(H,25,29)(H,26,31)/t18-,19?/m1/s1. The molecule has 0 bridgehead atoms. The maximum atomic E-state index is 14.2. The second-order valence-electron chi connectivity index (χ2n) is 7.53. The Kier molecular flexibility index (Phi) is 7.67. The molecule has 1 aliphatic rings. The van der Waals surface area contributed by atoms with Crippen molar-refractivity contribution in [1.82, 2.24) is 10.2 Å². The first-order chi connectivity index (χ1) is 15.2. The number of anilines is 1. The van der Waals surface area contributed by atoms with Crippen LogP contribution in [0.4, 0.5) is 14.9 Å². The molecule has 2 aromatic carbocycles. The average Bonchev–Trinajstić information content (AvgIpc) is 3.03. The highest BCUT2D eigenvalue weighted by Crippen LogP contribution is 2.28. The predicted octanol–water partition coefficient (Wildman–Crippen LogP) is 3.06. The van der Waals surface area contributed by atoms with Gasteiger partial charge in [0.05, 0.1) is 12.3 Å². The molecule has 10 heteroatoms. The number of hydrogen-bond acceptors (Lipinski definition) is 5. The third kappa shape index (κ3) is 5.18. The molecule has 8 nitrogen and oxygen atoms in total. The number of nitrogens with zero attached hydrogens (tertiary/aromatic N) is 1. The number of urea groups is 1. The third-order valence-corrected chi connectivity index (χ3v) is 5.58. The zero-order valence-corrected chi connectivity index (χ0v) is 19.6. The Morgan fingerprint density at radius 1 is 1.25 bits per heavy atom. The molecule has 1 saturated heterocycles. The van der Waals surface area contributed by atoms with Crippen molar-refractivity contribution in [2.45, 2.75) is 25.9 Å². The van der Waals surface area contributed by atoms with Crippen LogP contribution in [0.2, 0.25) is 0 Å². The van der Waals surface area contributed by atoms with Gasteiger partial charge in [0.1, 0.15) is 30.3 Å². The fourth-order valence-corrected chi connectivity index (χ4v) is 3.87. The van der Waals surface area contributed by atoms with E-state index in [1.165, 1.54) is 12.1 Å². The lowest BCUT2D eigenvalue weighted by atomic mass is 10.0. The zero-order valence-electron chi connectivity index (χ0n) is 17.5. The average molecular weight is 555 g/mol. The number of aliphatic hydroxyl groups excluding tert-OH is 1. The first kappa shape index (κ1) is 23.9. The summed E-state index contributed by atoms with van der Waals surface area (Å²) in [6.07, 6.45) is 0. The number of benzene rings is 2. The second kappa shape index (κ2) is 10.3. The molecule has 3 N–H and O–H groups in total. The number of hydrogen-bond donors (Lipinski definition) is 3. The molecule has 0 radical (unpaired) electrons. The van der Waals surface area contributed by atoms with Gasteiger partial charge in [-0.1, -0.05) is 26.0 Å². The minimum atomic E-state index is -1.13. The van der Waals surface area contributed by atoms with E-state index in [1.54, 1.807) is 44.2 Å². The lowest BCUT2D eigenvalue weighted by Gasteiger charge is -2.27. The summed E-state index contributed by atoms with van der Waals surface area (Å²) in [6.45, 7) is 3.42. The molecule has 170 valence electrons. The number of aliphatic hydroxyl groups is 1. The van der Waals surface area contributed by atoms with Crippen molar-refractivity contribution in [2.24, 2.45) is 5.92 Å². The Morgan fingerprint density at radius 3 is 2.53 bits per heavy atom. The van der Waals surface area contributed by atoms with Crippen molar-refractivity contribution in [1.29, 1.82) is 0 Å². The Hall–Kier alpha value is -2.73. The number of imide groups is 1. The summed E-state index contributed by atoms with van der Waals surface area (Å²) in [4.78, 5) is 39.6. The molecule has 1 heterocycles. The fraction of sp³-hybridized carbons (Fsp3) is 0.318. The molecule has 0 spiro atoms. The van der Waals surface area contributed by atoms with Gasteiger partial charge in [0, 0.05) is 3.57 Å². The van der Waals surface area contributed by atoms with Crippen molar-refractivity contribution in [2.75, 3.05) is 18.5 Å². The van der Waals surface area contributed by atoms with Crippen LogP contribution < -0.4 is 15.4 Å². The van der Waals surface area contributed by atoms with Crippen molar-refractivity contribution in [3.8, 4) is 5.75 Å². The first-order valence-electron chi connectivity index (χ1n) is 9.96. The highest BCUT2D eigenvalue weighted by molar-refractivity contribution is 14.1. The number of carbonyl (C=O) groups excluding carboxylic acids is 3. The van der Waals surface area contributed by atoms with Crippen molar-refractivity contribution in [3.05, 3.63) is 57.4 Å². The maximum Gasteiger partial charge on any atom is 0.325 e. The van der Waals surface area contributed by atoms with E-state index in [-0.39, 0.29) is 18.9 Å². The number of ether oxygens (including phenoxy) is 1. The Bertz CT molecular complexity index is 1020. The van der Waals surface area contributed by atoms with Crippen molar-refractivity contribution >= 4 is 46.1 Å². The number of halogens is 2. The second-order valence-corrected chi connectivity index (χ2v) is 8.78. The minimum Gasteiger partial charge on any atom is -0.491 e. The van der Waals surface area contributed by atoms with E-state index in [4.69, 9.17) is 9.84 Å². The van der Waals surface area contributed by atoms with Crippen LogP contribution in [0.1, 0.15) is 25.5 Å². The number of rotatable bonds is 8. The summed E-state index contributed by atoms with van der Waals surface area (Å²) in [7, 11) is 0. The number of amides is 4. The van der Waals surface area contributed by atoms with Gasteiger partial charge in [-0.05, 0) is 64.4 Å². The summed E-state index contributed by atoms with van der Waals surface area (Å²) < 4.78 is 20.2. The van der Waals surface area contributed by atoms with Gasteiger partial charge < -0.3 is 20.5 Å². The molecule has 0 saturated carbocycles. The van der Waals surface area contributed by atoms with Crippen LogP contribution >= 0.6 is 22.6 Å². The van der Waals surface area contributed by atoms with Gasteiger partial charge in [0.25, 0.3) is 5.91 Å². The van der Waals surface area contributed by atoms with Gasteiger partial charge in [0.2, 0.25) is 5.91 Å². The zero-order chi connectivity index (χ0) is 23.4. The monoisotopic (exact) mass is 555 g/mol. The molecular weight excluding hydrogens is 532 g/mol. The van der Waals surface area contributed by atoms with Crippen LogP contribution in [0.15, 0.2) is 42.5 Å². The Balaban J connectivity index is 1.80. The Morgan fingerprint density at radius 2 is 1.94 bits per heavy atom.